The number of halogens is 2. The first-order valence-electron chi connectivity index (χ1n) is 7.19. The zero-order valence-electron chi connectivity index (χ0n) is 12.5. The molecule has 0 atom stereocenters. The van der Waals surface area contributed by atoms with E-state index in [-0.39, 0.29) is 28.9 Å². The quantitative estimate of drug-likeness (QED) is 0.584. The number of nitrogens with zero attached hydrogens (tertiary/aromatic N) is 3. The number of aromatic amines is 1. The maximum atomic E-state index is 12.5. The maximum Gasteiger partial charge on any atom is 0.332 e. The third kappa shape index (κ3) is 3.71. The second-order valence-corrected chi connectivity index (χ2v) is 5.32. The van der Waals surface area contributed by atoms with Crippen LogP contribution >= 0.6 is 24.0 Å². The molecule has 0 amide bonds. The Morgan fingerprint density at radius 1 is 1.18 bits per heavy atom. The van der Waals surface area contributed by atoms with Crippen LogP contribution in [-0.4, -0.2) is 25.6 Å². The topological polar surface area (TPSA) is 98.7 Å². The van der Waals surface area contributed by atoms with E-state index in [4.69, 9.17) is 17.3 Å². The van der Waals surface area contributed by atoms with Crippen molar-refractivity contribution in [1.29, 1.82) is 0 Å². The summed E-state index contributed by atoms with van der Waals surface area (Å²) < 4.78 is 2.72. The number of imidazole rings is 1. The van der Waals surface area contributed by atoms with Crippen LogP contribution in [0.1, 0.15) is 32.6 Å². The van der Waals surface area contributed by atoms with E-state index in [1.54, 1.807) is 0 Å². The second-order valence-electron chi connectivity index (χ2n) is 4.97. The number of hydrogen-bond acceptors (Lipinski definition) is 4. The van der Waals surface area contributed by atoms with Gasteiger partial charge in [0.2, 0.25) is 5.28 Å². The summed E-state index contributed by atoms with van der Waals surface area (Å²) in [6.45, 7) is 3.33. The predicted octanol–water partition coefficient (Wildman–Crippen LogP) is 1.50. The van der Waals surface area contributed by atoms with Gasteiger partial charge in [0.25, 0.3) is 5.56 Å². The molecule has 0 unspecified atom stereocenters. The number of unbranched alkanes of at least 4 members (excludes halogenated alkanes) is 2. The van der Waals surface area contributed by atoms with Gasteiger partial charge >= 0.3 is 5.69 Å². The van der Waals surface area contributed by atoms with Crippen molar-refractivity contribution < 1.29 is 0 Å². The van der Waals surface area contributed by atoms with Gasteiger partial charge in [0, 0.05) is 13.1 Å². The molecule has 0 aliphatic rings. The molecule has 0 radical (unpaired) electrons. The van der Waals surface area contributed by atoms with E-state index in [2.05, 4.69) is 16.9 Å². The number of nitrogens with two attached hydrogens (primary N) is 1. The van der Waals surface area contributed by atoms with Crippen LogP contribution in [-0.2, 0) is 13.1 Å². The van der Waals surface area contributed by atoms with E-state index >= 15 is 0 Å². The lowest BCUT2D eigenvalue weighted by Crippen LogP contribution is -2.40. The van der Waals surface area contributed by atoms with Gasteiger partial charge in [0.15, 0.2) is 11.2 Å². The Balaban J connectivity index is 0.00000242. The second kappa shape index (κ2) is 8.36. The lowest BCUT2D eigenvalue weighted by molar-refractivity contribution is 0.529. The van der Waals surface area contributed by atoms with Crippen molar-refractivity contribution in [3.8, 4) is 0 Å². The van der Waals surface area contributed by atoms with Crippen molar-refractivity contribution in [2.75, 3.05) is 6.54 Å². The van der Waals surface area contributed by atoms with Crippen LogP contribution in [0.5, 0.6) is 0 Å². The zero-order valence-corrected chi connectivity index (χ0v) is 14.0. The number of hydrogen-bond donors (Lipinski definition) is 2. The molecule has 22 heavy (non-hydrogen) atoms. The maximum absolute atomic E-state index is 12.5. The van der Waals surface area contributed by atoms with Crippen LogP contribution in [0.3, 0.4) is 0 Å². The van der Waals surface area contributed by atoms with Gasteiger partial charge in [-0.25, -0.2) is 4.79 Å². The SMILES string of the molecule is CCCCCn1c(=O)n(CCCN)c(=O)c2[nH]c(Cl)nc21.Cl. The first-order valence-corrected chi connectivity index (χ1v) is 7.56. The van der Waals surface area contributed by atoms with Gasteiger partial charge in [-0.3, -0.25) is 13.9 Å². The Morgan fingerprint density at radius 2 is 1.86 bits per heavy atom. The summed E-state index contributed by atoms with van der Waals surface area (Å²) in [6.07, 6.45) is 3.47. The molecule has 9 heteroatoms. The van der Waals surface area contributed by atoms with E-state index in [9.17, 15) is 9.59 Å². The molecule has 0 spiro atoms. The first-order chi connectivity index (χ1) is 10.1. The molecule has 0 bridgehead atoms. The fraction of sp³-hybridized carbons (Fsp3) is 0.615. The Kier molecular flexibility index (Phi) is 7.12. The average molecular weight is 350 g/mol. The molecule has 0 saturated carbocycles. The highest BCUT2D eigenvalue weighted by Crippen LogP contribution is 2.10. The number of fused-ring (bicyclic) bond motifs is 1. The standard InChI is InChI=1S/C13H20ClN5O2.ClH/c1-2-3-4-7-18-10-9(16-12(14)17-10)11(20)19(13(18)21)8-5-6-15;/h2-8,15H2,1H3,(H,16,17);1H. The smallest absolute Gasteiger partial charge is 0.330 e. The fourth-order valence-corrected chi connectivity index (χ4v) is 2.48. The minimum absolute atomic E-state index is 0. The molecule has 0 aliphatic carbocycles. The van der Waals surface area contributed by atoms with Crippen molar-refractivity contribution in [2.24, 2.45) is 5.73 Å². The lowest BCUT2D eigenvalue weighted by Gasteiger charge is -2.10. The minimum atomic E-state index is -0.394. The number of rotatable bonds is 7. The van der Waals surface area contributed by atoms with Crippen LogP contribution in [0.4, 0.5) is 0 Å². The van der Waals surface area contributed by atoms with E-state index in [1.807, 2.05) is 0 Å². The molecule has 124 valence electrons. The average Bonchev–Trinajstić information content (AvgIpc) is 2.84. The highest BCUT2D eigenvalue weighted by molar-refractivity contribution is 6.28. The summed E-state index contributed by atoms with van der Waals surface area (Å²) in [5, 5.41) is 0.113. The highest BCUT2D eigenvalue weighted by atomic mass is 35.5. The first kappa shape index (κ1) is 18.7. The van der Waals surface area contributed by atoms with Crippen LogP contribution in [0.25, 0.3) is 11.2 Å². The Morgan fingerprint density at radius 3 is 2.50 bits per heavy atom. The summed E-state index contributed by atoms with van der Waals surface area (Å²) in [5.74, 6) is 0. The van der Waals surface area contributed by atoms with Gasteiger partial charge < -0.3 is 10.7 Å². The minimum Gasteiger partial charge on any atom is -0.330 e. The summed E-state index contributed by atoms with van der Waals surface area (Å²) >= 11 is 5.85. The Hall–Kier alpha value is -1.31. The number of aryl methyl sites for hydroxylation is 1. The monoisotopic (exact) mass is 349 g/mol. The van der Waals surface area contributed by atoms with Crippen LogP contribution in [0.15, 0.2) is 9.59 Å². The van der Waals surface area contributed by atoms with Gasteiger partial charge in [0.05, 0.1) is 0 Å². The van der Waals surface area contributed by atoms with Crippen molar-refractivity contribution in [3.63, 3.8) is 0 Å². The van der Waals surface area contributed by atoms with Gasteiger partial charge in [-0.05, 0) is 31.0 Å². The molecule has 2 aromatic rings. The molecule has 2 aromatic heterocycles. The third-order valence-electron chi connectivity index (χ3n) is 3.40. The van der Waals surface area contributed by atoms with E-state index in [1.165, 1.54) is 9.13 Å². The van der Waals surface area contributed by atoms with Gasteiger partial charge in [-0.15, -0.1) is 12.4 Å². The molecule has 2 rings (SSSR count). The van der Waals surface area contributed by atoms with Crippen molar-refractivity contribution in [2.45, 2.75) is 45.7 Å². The van der Waals surface area contributed by atoms with Crippen molar-refractivity contribution in [3.05, 3.63) is 26.1 Å². The predicted molar refractivity (Wildman–Crippen MR) is 90.1 cm³/mol. The van der Waals surface area contributed by atoms with Gasteiger partial charge in [-0.1, -0.05) is 19.8 Å². The molecule has 2 heterocycles. The van der Waals surface area contributed by atoms with Crippen LogP contribution in [0.2, 0.25) is 5.28 Å². The fourth-order valence-electron chi connectivity index (χ4n) is 2.31. The largest absolute Gasteiger partial charge is 0.332 e. The summed E-state index contributed by atoms with van der Waals surface area (Å²) in [5.41, 5.74) is 5.32. The molecule has 7 nitrogen and oxygen atoms in total. The molecule has 0 saturated heterocycles. The summed E-state index contributed by atoms with van der Waals surface area (Å²) in [4.78, 5) is 31.6. The van der Waals surface area contributed by atoms with E-state index in [0.29, 0.717) is 31.7 Å². The van der Waals surface area contributed by atoms with Gasteiger partial charge in [0.1, 0.15) is 0 Å². The molecule has 0 aromatic carbocycles. The van der Waals surface area contributed by atoms with E-state index < -0.39 is 5.56 Å². The number of aromatic nitrogens is 4. The number of H-pyrrole nitrogens is 1. The van der Waals surface area contributed by atoms with Crippen molar-refractivity contribution >= 4 is 35.2 Å². The molecule has 3 N–H and O–H groups in total. The van der Waals surface area contributed by atoms with Crippen LogP contribution < -0.4 is 17.0 Å². The van der Waals surface area contributed by atoms with Crippen LogP contribution in [0, 0.1) is 0 Å². The Bertz CT molecular complexity index is 734. The molecule has 0 fully saturated rings. The van der Waals surface area contributed by atoms with E-state index in [0.717, 1.165) is 19.3 Å². The summed E-state index contributed by atoms with van der Waals surface area (Å²) in [6, 6.07) is 0. The summed E-state index contributed by atoms with van der Waals surface area (Å²) in [7, 11) is 0. The van der Waals surface area contributed by atoms with Gasteiger partial charge in [-0.2, -0.15) is 4.98 Å². The normalized spacial score (nSPS) is 10.9. The highest BCUT2D eigenvalue weighted by Gasteiger charge is 2.16. The Labute approximate surface area is 138 Å². The number of nitrogens with one attached hydrogen (secondary N) is 1. The molecular formula is C13H21Cl2N5O2. The van der Waals surface area contributed by atoms with Crippen molar-refractivity contribution in [1.82, 2.24) is 19.1 Å². The third-order valence-corrected chi connectivity index (χ3v) is 3.58. The zero-order chi connectivity index (χ0) is 15.4. The molecule has 0 aliphatic heterocycles. The lowest BCUT2D eigenvalue weighted by atomic mass is 10.2. The molecular weight excluding hydrogens is 329 g/mol.